The summed E-state index contributed by atoms with van der Waals surface area (Å²) in [7, 11) is -2.62. The van der Waals surface area contributed by atoms with E-state index in [1.165, 1.54) is 25.7 Å². The molecule has 0 aromatic carbocycles. The van der Waals surface area contributed by atoms with Crippen molar-refractivity contribution in [3.8, 4) is 0 Å². The fraction of sp³-hybridized carbons (Fsp3) is 0.909. The summed E-state index contributed by atoms with van der Waals surface area (Å²) in [5.41, 5.74) is -0.0223. The quantitative estimate of drug-likeness (QED) is 0.222. The maximum absolute atomic E-state index is 12.1. The molecule has 0 aliphatic carbocycles. The Morgan fingerprint density at radius 1 is 0.929 bits per heavy atom. The van der Waals surface area contributed by atoms with Crippen LogP contribution in [0, 0.1) is 11.8 Å². The van der Waals surface area contributed by atoms with Crippen molar-refractivity contribution in [3.05, 3.63) is 6.42 Å². The Morgan fingerprint density at radius 3 is 2.04 bits per heavy atom. The van der Waals surface area contributed by atoms with E-state index in [9.17, 15) is 4.79 Å². The van der Waals surface area contributed by atoms with E-state index in [2.05, 4.69) is 32.5 Å². The molecule has 0 saturated carbocycles. The minimum atomic E-state index is -2.62. The van der Waals surface area contributed by atoms with E-state index < -0.39 is 8.80 Å². The number of amides is 1. The highest BCUT2D eigenvalue weighted by molar-refractivity contribution is 6.60. The van der Waals surface area contributed by atoms with Gasteiger partial charge in [0.1, 0.15) is 0 Å². The van der Waals surface area contributed by atoms with E-state index in [0.717, 1.165) is 25.3 Å². The van der Waals surface area contributed by atoms with Crippen LogP contribution in [-0.2, 0) is 18.1 Å². The Kier molecular flexibility index (Phi) is 16.1. The first-order chi connectivity index (χ1) is 13.3. The van der Waals surface area contributed by atoms with Crippen molar-refractivity contribution < 1.29 is 18.1 Å². The number of hydrogen-bond donors (Lipinski definition) is 1. The first-order valence-corrected chi connectivity index (χ1v) is 13.3. The lowest BCUT2D eigenvalue weighted by atomic mass is 9.90. The SMILES string of the molecule is CCCCC[CH]CCCC(=O)NCC(C)(C)CC[Si](OCC)(OCC)OCC. The Labute approximate surface area is 175 Å². The zero-order chi connectivity index (χ0) is 21.3. The van der Waals surface area contributed by atoms with Gasteiger partial charge in [-0.25, -0.2) is 0 Å². The third-order valence-electron chi connectivity index (χ3n) is 4.79. The average molecular weight is 417 g/mol. The number of carbonyl (C=O) groups is 1. The van der Waals surface area contributed by atoms with Gasteiger partial charge in [-0.05, 0) is 51.9 Å². The molecule has 0 aromatic heterocycles. The molecular weight excluding hydrogens is 370 g/mol. The predicted molar refractivity (Wildman–Crippen MR) is 119 cm³/mol. The summed E-state index contributed by atoms with van der Waals surface area (Å²) >= 11 is 0. The molecule has 0 saturated heterocycles. The summed E-state index contributed by atoms with van der Waals surface area (Å²) in [6, 6.07) is 0.776. The summed E-state index contributed by atoms with van der Waals surface area (Å²) < 4.78 is 17.8. The fourth-order valence-corrected chi connectivity index (χ4v) is 6.08. The molecule has 0 fully saturated rings. The van der Waals surface area contributed by atoms with Crippen molar-refractivity contribution in [2.24, 2.45) is 5.41 Å². The summed E-state index contributed by atoms with van der Waals surface area (Å²) in [6.07, 6.45) is 10.8. The molecule has 0 rings (SSSR count). The van der Waals surface area contributed by atoms with Crippen molar-refractivity contribution in [2.75, 3.05) is 26.4 Å². The summed E-state index contributed by atoms with van der Waals surface area (Å²) in [5, 5.41) is 3.11. The van der Waals surface area contributed by atoms with Gasteiger partial charge in [-0.15, -0.1) is 0 Å². The molecule has 1 amide bonds. The number of rotatable bonds is 19. The van der Waals surface area contributed by atoms with Gasteiger partial charge in [0.25, 0.3) is 0 Å². The highest BCUT2D eigenvalue weighted by atomic mass is 28.4. The molecule has 5 nitrogen and oxygen atoms in total. The second-order valence-corrected chi connectivity index (χ2v) is 10.8. The second kappa shape index (κ2) is 16.4. The third kappa shape index (κ3) is 13.7. The van der Waals surface area contributed by atoms with E-state index in [4.69, 9.17) is 13.3 Å². The molecule has 28 heavy (non-hydrogen) atoms. The Hall–Kier alpha value is -0.433. The van der Waals surface area contributed by atoms with E-state index in [1.54, 1.807) is 0 Å². The van der Waals surface area contributed by atoms with E-state index >= 15 is 0 Å². The Balaban J connectivity index is 4.20. The first kappa shape index (κ1) is 27.6. The minimum absolute atomic E-state index is 0.0223. The smallest absolute Gasteiger partial charge is 0.374 e. The maximum Gasteiger partial charge on any atom is 0.500 e. The van der Waals surface area contributed by atoms with Gasteiger partial charge in [0, 0.05) is 38.8 Å². The molecule has 0 spiro atoms. The molecule has 6 heteroatoms. The fourth-order valence-electron chi connectivity index (χ4n) is 3.10. The summed E-state index contributed by atoms with van der Waals surface area (Å²) in [6.45, 7) is 15.0. The standard InChI is InChI=1S/C22H46NO4Si/c1-7-11-12-13-14-15-16-17-21(24)23-20-22(5,6)18-19-28(25-8-2,26-9-3)27-10-4/h14H,7-13,15-20H2,1-6H3,(H,23,24). The summed E-state index contributed by atoms with van der Waals surface area (Å²) in [4.78, 5) is 12.1. The Morgan fingerprint density at radius 2 is 1.50 bits per heavy atom. The molecule has 0 aliphatic rings. The lowest BCUT2D eigenvalue weighted by Crippen LogP contribution is -2.47. The maximum atomic E-state index is 12.1. The highest BCUT2D eigenvalue weighted by Crippen LogP contribution is 2.28. The van der Waals surface area contributed by atoms with Crippen molar-refractivity contribution in [2.45, 2.75) is 99.0 Å². The molecule has 0 atom stereocenters. The van der Waals surface area contributed by atoms with Gasteiger partial charge < -0.3 is 18.6 Å². The lowest BCUT2D eigenvalue weighted by molar-refractivity contribution is -0.121. The predicted octanol–water partition coefficient (Wildman–Crippen LogP) is 5.52. The van der Waals surface area contributed by atoms with Crippen LogP contribution >= 0.6 is 0 Å². The van der Waals surface area contributed by atoms with Gasteiger partial charge in [-0.2, -0.15) is 0 Å². The average Bonchev–Trinajstić information content (AvgIpc) is 2.65. The number of carbonyl (C=O) groups excluding carboxylic acids is 1. The minimum Gasteiger partial charge on any atom is -0.374 e. The second-order valence-electron chi connectivity index (χ2n) is 8.10. The van der Waals surface area contributed by atoms with Gasteiger partial charge in [-0.1, -0.05) is 46.5 Å². The number of hydrogen-bond acceptors (Lipinski definition) is 4. The van der Waals surface area contributed by atoms with Crippen LogP contribution in [0.2, 0.25) is 6.04 Å². The molecule has 0 bridgehead atoms. The van der Waals surface area contributed by atoms with Crippen LogP contribution in [0.4, 0.5) is 0 Å². The zero-order valence-corrected chi connectivity index (χ0v) is 20.4. The van der Waals surface area contributed by atoms with E-state index in [-0.39, 0.29) is 11.3 Å². The van der Waals surface area contributed by atoms with Crippen LogP contribution in [-0.4, -0.2) is 41.1 Å². The first-order valence-electron chi connectivity index (χ1n) is 11.3. The number of unbranched alkanes of at least 4 members (excludes halogenated alkanes) is 6. The van der Waals surface area contributed by atoms with Crippen LogP contribution in [0.15, 0.2) is 0 Å². The monoisotopic (exact) mass is 416 g/mol. The van der Waals surface area contributed by atoms with Gasteiger partial charge in [0.05, 0.1) is 0 Å². The topological polar surface area (TPSA) is 56.8 Å². The van der Waals surface area contributed by atoms with Gasteiger partial charge in [-0.3, -0.25) is 4.79 Å². The van der Waals surface area contributed by atoms with Crippen molar-refractivity contribution in [1.29, 1.82) is 0 Å². The van der Waals surface area contributed by atoms with Crippen molar-refractivity contribution in [3.63, 3.8) is 0 Å². The van der Waals surface area contributed by atoms with Crippen molar-refractivity contribution in [1.82, 2.24) is 5.32 Å². The van der Waals surface area contributed by atoms with Crippen LogP contribution in [0.25, 0.3) is 0 Å². The van der Waals surface area contributed by atoms with Gasteiger partial charge in [0.2, 0.25) is 5.91 Å². The normalized spacial score (nSPS) is 12.4. The van der Waals surface area contributed by atoms with Crippen LogP contribution in [0.3, 0.4) is 0 Å². The van der Waals surface area contributed by atoms with Crippen LogP contribution in [0.5, 0.6) is 0 Å². The molecule has 1 N–H and O–H groups in total. The molecule has 1 radical (unpaired) electrons. The molecule has 0 heterocycles. The van der Waals surface area contributed by atoms with Crippen LogP contribution < -0.4 is 5.32 Å². The van der Waals surface area contributed by atoms with E-state index in [0.29, 0.717) is 32.8 Å². The molecular formula is C22H46NO4Si. The lowest BCUT2D eigenvalue weighted by Gasteiger charge is -2.32. The Bertz CT molecular complexity index is 374. The zero-order valence-electron chi connectivity index (χ0n) is 19.4. The van der Waals surface area contributed by atoms with Crippen LogP contribution in [0.1, 0.15) is 92.9 Å². The molecule has 0 aliphatic heterocycles. The van der Waals surface area contributed by atoms with E-state index in [1.807, 2.05) is 20.8 Å². The largest absolute Gasteiger partial charge is 0.500 e. The molecule has 0 aromatic rings. The third-order valence-corrected chi connectivity index (χ3v) is 7.84. The molecule has 167 valence electrons. The van der Waals surface area contributed by atoms with Gasteiger partial charge >= 0.3 is 8.80 Å². The summed E-state index contributed by atoms with van der Waals surface area (Å²) in [5.74, 6) is 0.151. The van der Waals surface area contributed by atoms with Crippen molar-refractivity contribution >= 4 is 14.7 Å². The highest BCUT2D eigenvalue weighted by Gasteiger charge is 2.41. The molecule has 0 unspecified atom stereocenters. The number of nitrogens with one attached hydrogen (secondary N) is 1. The van der Waals surface area contributed by atoms with Gasteiger partial charge in [0.15, 0.2) is 0 Å².